The molecule has 1 amide bonds. The van der Waals surface area contributed by atoms with Crippen molar-refractivity contribution in [3.8, 4) is 11.5 Å². The first-order valence-electron chi connectivity index (χ1n) is 10.8. The fourth-order valence-electron chi connectivity index (χ4n) is 3.34. The van der Waals surface area contributed by atoms with Crippen LogP contribution in [0.2, 0.25) is 0 Å². The van der Waals surface area contributed by atoms with Crippen molar-refractivity contribution in [2.24, 2.45) is 5.10 Å². The van der Waals surface area contributed by atoms with Crippen LogP contribution >= 0.6 is 39.5 Å². The third-order valence-corrected chi connectivity index (χ3v) is 8.58. The fraction of sp³-hybridized carbons (Fsp3) is 0.231. The molecule has 0 unspecified atom stereocenters. The molecule has 34 heavy (non-hydrogen) atoms. The second kappa shape index (κ2) is 12.3. The fourth-order valence-corrected chi connectivity index (χ4v) is 6.58. The number of hydrazone groups is 1. The van der Waals surface area contributed by atoms with Gasteiger partial charge in [-0.05, 0) is 48.4 Å². The van der Waals surface area contributed by atoms with Crippen LogP contribution in [0.25, 0.3) is 0 Å². The zero-order valence-corrected chi connectivity index (χ0v) is 21.9. The number of ether oxygens (including phenoxy) is 2. The summed E-state index contributed by atoms with van der Waals surface area (Å²) in [4.78, 5) is 12.2. The molecule has 0 aromatic heterocycles. The van der Waals surface area contributed by atoms with Crippen LogP contribution in [0.15, 0.2) is 76.3 Å². The summed E-state index contributed by atoms with van der Waals surface area (Å²) in [5.74, 6) is 3.38. The summed E-state index contributed by atoms with van der Waals surface area (Å²) in [5.41, 5.74) is 6.82. The molecule has 1 aliphatic rings. The van der Waals surface area contributed by atoms with Crippen molar-refractivity contribution < 1.29 is 14.3 Å². The van der Waals surface area contributed by atoms with Crippen molar-refractivity contribution in [2.75, 3.05) is 18.1 Å². The molecule has 3 aromatic rings. The number of rotatable bonds is 9. The van der Waals surface area contributed by atoms with Gasteiger partial charge in [0.25, 0.3) is 5.91 Å². The number of nitrogens with one attached hydrogen (secondary N) is 1. The standard InChI is InChI=1S/C26H25BrN2O3S2/c1-18-3-2-4-19(13-18)16-32-24-10-7-22(27)14-21(24)15-28-29-25(30)17-31-23-8-5-20(6-9-23)26-33-11-12-34-26/h2-10,13-15,26H,11-12,16-17H2,1H3,(H,29,30)/b28-15-. The molecule has 3 aromatic carbocycles. The Bertz CT molecular complexity index is 1150. The average molecular weight is 558 g/mol. The zero-order chi connectivity index (χ0) is 23.8. The molecule has 8 heteroatoms. The van der Waals surface area contributed by atoms with Crippen molar-refractivity contribution in [2.45, 2.75) is 18.1 Å². The third-order valence-electron chi connectivity index (χ3n) is 4.99. The van der Waals surface area contributed by atoms with Crippen LogP contribution in [0.1, 0.15) is 26.8 Å². The van der Waals surface area contributed by atoms with Crippen LogP contribution in [-0.4, -0.2) is 30.2 Å². The summed E-state index contributed by atoms with van der Waals surface area (Å²) in [6.07, 6.45) is 1.57. The van der Waals surface area contributed by atoms with Gasteiger partial charge in [-0.15, -0.1) is 23.5 Å². The number of halogens is 1. The van der Waals surface area contributed by atoms with E-state index in [4.69, 9.17) is 9.47 Å². The van der Waals surface area contributed by atoms with Gasteiger partial charge < -0.3 is 9.47 Å². The zero-order valence-electron chi connectivity index (χ0n) is 18.7. The van der Waals surface area contributed by atoms with Crippen molar-refractivity contribution in [1.82, 2.24) is 5.43 Å². The molecular formula is C26H25BrN2O3S2. The molecule has 1 fully saturated rings. The smallest absolute Gasteiger partial charge is 0.277 e. The Morgan fingerprint density at radius 3 is 2.65 bits per heavy atom. The van der Waals surface area contributed by atoms with E-state index in [1.807, 2.05) is 66.0 Å². The molecule has 1 heterocycles. The summed E-state index contributed by atoms with van der Waals surface area (Å²) >= 11 is 7.40. The molecule has 1 saturated heterocycles. The van der Waals surface area contributed by atoms with Crippen LogP contribution in [0.3, 0.4) is 0 Å². The minimum atomic E-state index is -0.334. The van der Waals surface area contributed by atoms with Crippen molar-refractivity contribution in [3.05, 3.63) is 93.5 Å². The topological polar surface area (TPSA) is 59.9 Å². The van der Waals surface area contributed by atoms with Gasteiger partial charge in [-0.25, -0.2) is 5.43 Å². The molecule has 5 nitrogen and oxygen atoms in total. The number of nitrogens with zero attached hydrogens (tertiary/aromatic N) is 1. The van der Waals surface area contributed by atoms with E-state index in [0.717, 1.165) is 15.6 Å². The van der Waals surface area contributed by atoms with Gasteiger partial charge in [-0.3, -0.25) is 4.79 Å². The minimum absolute atomic E-state index is 0.112. The number of aryl methyl sites for hydroxylation is 1. The van der Waals surface area contributed by atoms with E-state index in [1.165, 1.54) is 22.6 Å². The third kappa shape index (κ3) is 7.29. The minimum Gasteiger partial charge on any atom is -0.488 e. The first-order chi connectivity index (χ1) is 16.6. The number of hydrogen-bond donors (Lipinski definition) is 1. The first kappa shape index (κ1) is 24.7. The van der Waals surface area contributed by atoms with Gasteiger partial charge in [-0.2, -0.15) is 5.10 Å². The summed E-state index contributed by atoms with van der Waals surface area (Å²) < 4.78 is 13.0. The van der Waals surface area contributed by atoms with Crippen LogP contribution in [-0.2, 0) is 11.4 Å². The van der Waals surface area contributed by atoms with Crippen molar-refractivity contribution in [1.29, 1.82) is 0 Å². The van der Waals surface area contributed by atoms with Crippen molar-refractivity contribution in [3.63, 3.8) is 0 Å². The quantitative estimate of drug-likeness (QED) is 0.246. The molecule has 0 aliphatic carbocycles. The average Bonchev–Trinajstić information content (AvgIpc) is 3.38. The summed E-state index contributed by atoms with van der Waals surface area (Å²) in [6, 6.07) is 21.8. The lowest BCUT2D eigenvalue weighted by Crippen LogP contribution is -2.24. The molecule has 0 spiro atoms. The summed E-state index contributed by atoms with van der Waals surface area (Å²) in [6.45, 7) is 2.39. The summed E-state index contributed by atoms with van der Waals surface area (Å²) in [7, 11) is 0. The van der Waals surface area contributed by atoms with E-state index in [9.17, 15) is 4.79 Å². The maximum Gasteiger partial charge on any atom is 0.277 e. The normalized spacial score (nSPS) is 13.8. The number of carbonyl (C=O) groups is 1. The highest BCUT2D eigenvalue weighted by molar-refractivity contribution is 9.10. The molecule has 1 aliphatic heterocycles. The molecule has 0 atom stereocenters. The van der Waals surface area contributed by atoms with Gasteiger partial charge in [-0.1, -0.05) is 57.9 Å². The Morgan fingerprint density at radius 1 is 1.09 bits per heavy atom. The highest BCUT2D eigenvalue weighted by atomic mass is 79.9. The predicted molar refractivity (Wildman–Crippen MR) is 145 cm³/mol. The molecular weight excluding hydrogens is 532 g/mol. The van der Waals surface area contributed by atoms with Gasteiger partial charge in [0.05, 0.1) is 10.8 Å². The Morgan fingerprint density at radius 2 is 1.88 bits per heavy atom. The van der Waals surface area contributed by atoms with E-state index in [0.29, 0.717) is 22.7 Å². The predicted octanol–water partition coefficient (Wildman–Crippen LogP) is 6.34. The van der Waals surface area contributed by atoms with Gasteiger partial charge in [0.2, 0.25) is 0 Å². The number of carbonyl (C=O) groups excluding carboxylic acids is 1. The maximum absolute atomic E-state index is 12.2. The number of thioether (sulfide) groups is 2. The lowest BCUT2D eigenvalue weighted by molar-refractivity contribution is -0.123. The van der Waals surface area contributed by atoms with Crippen LogP contribution in [0.5, 0.6) is 11.5 Å². The van der Waals surface area contributed by atoms with Crippen LogP contribution in [0.4, 0.5) is 0 Å². The highest BCUT2D eigenvalue weighted by Gasteiger charge is 2.18. The van der Waals surface area contributed by atoms with E-state index >= 15 is 0 Å². The van der Waals surface area contributed by atoms with Gasteiger partial charge in [0.15, 0.2) is 6.61 Å². The molecule has 0 radical (unpaired) electrons. The molecule has 0 bridgehead atoms. The Balaban J connectivity index is 1.28. The first-order valence-corrected chi connectivity index (χ1v) is 13.7. The Kier molecular flexibility index (Phi) is 8.96. The molecule has 176 valence electrons. The van der Waals surface area contributed by atoms with E-state index in [1.54, 1.807) is 6.21 Å². The van der Waals surface area contributed by atoms with Gasteiger partial charge in [0.1, 0.15) is 18.1 Å². The van der Waals surface area contributed by atoms with Crippen LogP contribution in [0, 0.1) is 6.92 Å². The number of hydrogen-bond acceptors (Lipinski definition) is 6. The van der Waals surface area contributed by atoms with E-state index in [-0.39, 0.29) is 12.5 Å². The van der Waals surface area contributed by atoms with Crippen LogP contribution < -0.4 is 14.9 Å². The van der Waals surface area contributed by atoms with E-state index in [2.05, 4.69) is 57.6 Å². The molecule has 0 saturated carbocycles. The second-order valence-corrected chi connectivity index (χ2v) is 11.3. The monoisotopic (exact) mass is 556 g/mol. The largest absolute Gasteiger partial charge is 0.488 e. The number of benzene rings is 3. The van der Waals surface area contributed by atoms with Gasteiger partial charge >= 0.3 is 0 Å². The lowest BCUT2D eigenvalue weighted by atomic mass is 10.1. The molecule has 4 rings (SSSR count). The van der Waals surface area contributed by atoms with Gasteiger partial charge in [0, 0.05) is 21.5 Å². The SMILES string of the molecule is Cc1cccc(COc2ccc(Br)cc2/C=N\NC(=O)COc2ccc(C3SCCS3)cc2)c1. The maximum atomic E-state index is 12.2. The summed E-state index contributed by atoms with van der Waals surface area (Å²) in [5, 5.41) is 4.08. The highest BCUT2D eigenvalue weighted by Crippen LogP contribution is 2.45. The Hall–Kier alpha value is -2.42. The lowest BCUT2D eigenvalue weighted by Gasteiger charge is -2.10. The second-order valence-electron chi connectivity index (χ2n) is 7.68. The van der Waals surface area contributed by atoms with E-state index < -0.39 is 0 Å². The Labute approximate surface area is 216 Å². The number of amides is 1. The van der Waals surface area contributed by atoms with Crippen molar-refractivity contribution >= 4 is 51.6 Å². The molecule has 1 N–H and O–H groups in total.